The average Bonchev–Trinajstić information content (AvgIpc) is 2.84. The second kappa shape index (κ2) is 11.3. The second-order valence-corrected chi connectivity index (χ2v) is 8.03. The highest BCUT2D eigenvalue weighted by Crippen LogP contribution is 2.28. The van der Waals surface area contributed by atoms with Crippen LogP contribution < -0.4 is 15.4 Å². The van der Waals surface area contributed by atoms with E-state index in [1.165, 1.54) is 0 Å². The van der Waals surface area contributed by atoms with Crippen molar-refractivity contribution in [3.63, 3.8) is 0 Å². The molecule has 3 aromatic rings. The lowest BCUT2D eigenvalue weighted by molar-refractivity contribution is -0.117. The zero-order chi connectivity index (χ0) is 23.8. The molecular weight excluding hydrogens is 414 g/mol. The Hall–Kier alpha value is -3.64. The van der Waals surface area contributed by atoms with Crippen LogP contribution in [0.15, 0.2) is 78.9 Å². The molecule has 2 unspecified atom stereocenters. The van der Waals surface area contributed by atoms with Crippen LogP contribution in [0.5, 0.6) is 5.75 Å². The van der Waals surface area contributed by atoms with E-state index in [9.17, 15) is 9.59 Å². The number of benzene rings is 3. The number of ether oxygens (including phenoxy) is 1. The summed E-state index contributed by atoms with van der Waals surface area (Å²) >= 11 is 0. The number of para-hydroxylation sites is 2. The Bertz CT molecular complexity index is 1080. The standard InChI is InChI=1S/C27H31N3O3/c1-19(21-12-6-5-7-13-21)28-27(32)23-15-8-10-16-24(23)29-26(31)18-30(3)20(2)22-14-9-11-17-25(22)33-4/h5-17,19-20H,18H2,1-4H3,(H,28,32)(H,29,31). The lowest BCUT2D eigenvalue weighted by Crippen LogP contribution is -2.33. The fraction of sp³-hybridized carbons (Fsp3) is 0.259. The quantitative estimate of drug-likeness (QED) is 0.496. The molecule has 6 heteroatoms. The fourth-order valence-corrected chi connectivity index (χ4v) is 3.69. The number of carbonyl (C=O) groups excluding carboxylic acids is 2. The number of likely N-dealkylation sites (N-methyl/N-ethyl adjacent to an activating group) is 1. The summed E-state index contributed by atoms with van der Waals surface area (Å²) in [5.41, 5.74) is 2.93. The van der Waals surface area contributed by atoms with Gasteiger partial charge in [0.05, 0.1) is 30.9 Å². The van der Waals surface area contributed by atoms with Gasteiger partial charge in [0.25, 0.3) is 5.91 Å². The van der Waals surface area contributed by atoms with Crippen molar-refractivity contribution in [3.8, 4) is 5.75 Å². The molecule has 0 aromatic heterocycles. The van der Waals surface area contributed by atoms with Gasteiger partial charge in [0.15, 0.2) is 0 Å². The number of hydrogen-bond donors (Lipinski definition) is 2. The summed E-state index contributed by atoms with van der Waals surface area (Å²) in [5, 5.41) is 5.90. The molecule has 2 atom stereocenters. The van der Waals surface area contributed by atoms with E-state index in [1.807, 2.05) is 80.4 Å². The van der Waals surface area contributed by atoms with Crippen molar-refractivity contribution in [2.24, 2.45) is 0 Å². The largest absolute Gasteiger partial charge is 0.496 e. The molecule has 33 heavy (non-hydrogen) atoms. The van der Waals surface area contributed by atoms with Gasteiger partial charge < -0.3 is 15.4 Å². The minimum Gasteiger partial charge on any atom is -0.496 e. The molecule has 0 saturated carbocycles. The van der Waals surface area contributed by atoms with E-state index < -0.39 is 0 Å². The molecule has 2 N–H and O–H groups in total. The Balaban J connectivity index is 1.66. The first-order valence-corrected chi connectivity index (χ1v) is 11.0. The van der Waals surface area contributed by atoms with Crippen LogP contribution in [0, 0.1) is 0 Å². The summed E-state index contributed by atoms with van der Waals surface area (Å²) in [5.74, 6) is 0.348. The van der Waals surface area contributed by atoms with Crippen molar-refractivity contribution in [1.29, 1.82) is 0 Å². The summed E-state index contributed by atoms with van der Waals surface area (Å²) in [7, 11) is 3.52. The highest BCUT2D eigenvalue weighted by atomic mass is 16.5. The van der Waals surface area contributed by atoms with E-state index in [0.717, 1.165) is 16.9 Å². The minimum absolute atomic E-state index is 0.0304. The van der Waals surface area contributed by atoms with E-state index in [1.54, 1.807) is 31.4 Å². The van der Waals surface area contributed by atoms with Crippen LogP contribution in [0.25, 0.3) is 0 Å². The van der Waals surface area contributed by atoms with Gasteiger partial charge in [0.1, 0.15) is 5.75 Å². The Morgan fingerprint density at radius 3 is 2.27 bits per heavy atom. The number of amides is 2. The van der Waals surface area contributed by atoms with Crippen LogP contribution in [0.1, 0.15) is 47.4 Å². The Morgan fingerprint density at radius 2 is 1.55 bits per heavy atom. The highest BCUT2D eigenvalue weighted by Gasteiger charge is 2.20. The Kier molecular flexibility index (Phi) is 8.22. The predicted octanol–water partition coefficient (Wildman–Crippen LogP) is 4.82. The number of nitrogens with zero attached hydrogens (tertiary/aromatic N) is 1. The van der Waals surface area contributed by atoms with Crippen LogP contribution >= 0.6 is 0 Å². The van der Waals surface area contributed by atoms with Crippen LogP contribution in [-0.2, 0) is 4.79 Å². The van der Waals surface area contributed by atoms with Crippen molar-refractivity contribution >= 4 is 17.5 Å². The van der Waals surface area contributed by atoms with Gasteiger partial charge in [-0.15, -0.1) is 0 Å². The smallest absolute Gasteiger partial charge is 0.253 e. The molecule has 0 saturated heterocycles. The SMILES string of the molecule is COc1ccccc1C(C)N(C)CC(=O)Nc1ccccc1C(=O)NC(C)c1ccccc1. The number of carbonyl (C=O) groups is 2. The fourth-order valence-electron chi connectivity index (χ4n) is 3.69. The Labute approximate surface area is 195 Å². The third kappa shape index (κ3) is 6.20. The molecule has 0 heterocycles. The van der Waals surface area contributed by atoms with E-state index in [4.69, 9.17) is 4.74 Å². The maximum atomic E-state index is 12.9. The topological polar surface area (TPSA) is 70.7 Å². The van der Waals surface area contributed by atoms with Gasteiger partial charge in [-0.05, 0) is 44.7 Å². The van der Waals surface area contributed by atoms with Crippen molar-refractivity contribution in [2.75, 3.05) is 26.0 Å². The van der Waals surface area contributed by atoms with Gasteiger partial charge in [0.2, 0.25) is 5.91 Å². The predicted molar refractivity (Wildman–Crippen MR) is 131 cm³/mol. The van der Waals surface area contributed by atoms with E-state index in [2.05, 4.69) is 10.6 Å². The lowest BCUT2D eigenvalue weighted by atomic mass is 10.1. The molecule has 172 valence electrons. The monoisotopic (exact) mass is 445 g/mol. The van der Waals surface area contributed by atoms with E-state index in [-0.39, 0.29) is 30.4 Å². The first-order valence-electron chi connectivity index (χ1n) is 11.0. The molecule has 0 aliphatic carbocycles. The molecule has 0 bridgehead atoms. The van der Waals surface area contributed by atoms with Crippen LogP contribution in [-0.4, -0.2) is 37.4 Å². The van der Waals surface area contributed by atoms with Crippen LogP contribution in [0.3, 0.4) is 0 Å². The van der Waals surface area contributed by atoms with Gasteiger partial charge in [-0.2, -0.15) is 0 Å². The third-order valence-corrected chi connectivity index (χ3v) is 5.74. The van der Waals surface area contributed by atoms with Crippen molar-refractivity contribution < 1.29 is 14.3 Å². The van der Waals surface area contributed by atoms with Gasteiger partial charge in [-0.3, -0.25) is 14.5 Å². The summed E-state index contributed by atoms with van der Waals surface area (Å²) in [6.07, 6.45) is 0. The zero-order valence-electron chi connectivity index (χ0n) is 19.5. The molecule has 0 radical (unpaired) electrons. The third-order valence-electron chi connectivity index (χ3n) is 5.74. The van der Waals surface area contributed by atoms with Gasteiger partial charge >= 0.3 is 0 Å². The van der Waals surface area contributed by atoms with Gasteiger partial charge in [-0.25, -0.2) is 0 Å². The number of anilines is 1. The average molecular weight is 446 g/mol. The molecular formula is C27H31N3O3. The molecule has 3 rings (SSSR count). The Morgan fingerprint density at radius 1 is 0.909 bits per heavy atom. The number of nitrogens with one attached hydrogen (secondary N) is 2. The van der Waals surface area contributed by atoms with Crippen molar-refractivity contribution in [2.45, 2.75) is 25.9 Å². The minimum atomic E-state index is -0.238. The summed E-state index contributed by atoms with van der Waals surface area (Å²) in [6.45, 7) is 4.12. The summed E-state index contributed by atoms with van der Waals surface area (Å²) < 4.78 is 5.45. The lowest BCUT2D eigenvalue weighted by Gasteiger charge is -2.26. The number of rotatable bonds is 9. The molecule has 0 aliphatic rings. The number of methoxy groups -OCH3 is 1. The zero-order valence-corrected chi connectivity index (χ0v) is 19.5. The van der Waals surface area contributed by atoms with E-state index >= 15 is 0 Å². The maximum Gasteiger partial charge on any atom is 0.253 e. The second-order valence-electron chi connectivity index (χ2n) is 8.03. The van der Waals surface area contributed by atoms with Gasteiger partial charge in [0, 0.05) is 11.6 Å². The number of hydrogen-bond acceptors (Lipinski definition) is 4. The van der Waals surface area contributed by atoms with Crippen LogP contribution in [0.2, 0.25) is 0 Å². The van der Waals surface area contributed by atoms with E-state index in [0.29, 0.717) is 11.3 Å². The normalized spacial score (nSPS) is 12.6. The maximum absolute atomic E-state index is 12.9. The summed E-state index contributed by atoms with van der Waals surface area (Å²) in [4.78, 5) is 27.7. The first-order chi connectivity index (χ1) is 15.9. The van der Waals surface area contributed by atoms with Crippen molar-refractivity contribution in [3.05, 3.63) is 95.6 Å². The first kappa shape index (κ1) is 24.0. The molecule has 0 fully saturated rings. The molecule has 6 nitrogen and oxygen atoms in total. The summed E-state index contributed by atoms with van der Waals surface area (Å²) in [6, 6.07) is 24.4. The molecule has 3 aromatic carbocycles. The highest BCUT2D eigenvalue weighted by molar-refractivity contribution is 6.04. The molecule has 2 amide bonds. The van der Waals surface area contributed by atoms with Gasteiger partial charge in [-0.1, -0.05) is 60.7 Å². The van der Waals surface area contributed by atoms with Crippen molar-refractivity contribution in [1.82, 2.24) is 10.2 Å². The van der Waals surface area contributed by atoms with Crippen LogP contribution in [0.4, 0.5) is 5.69 Å². The molecule has 0 aliphatic heterocycles. The molecule has 0 spiro atoms.